The van der Waals surface area contributed by atoms with E-state index in [-0.39, 0.29) is 17.9 Å². The molecule has 2 aromatic carbocycles. The van der Waals surface area contributed by atoms with Crippen LogP contribution in [0.2, 0.25) is 0 Å². The second kappa shape index (κ2) is 7.77. The Morgan fingerprint density at radius 2 is 1.75 bits per heavy atom. The maximum atomic E-state index is 12.1. The van der Waals surface area contributed by atoms with Crippen LogP contribution in [-0.2, 0) is 11.2 Å². The molecule has 0 fully saturated rings. The first-order chi connectivity index (χ1) is 11.7. The Kier molecular flexibility index (Phi) is 5.26. The molecule has 1 aliphatic rings. The second-order valence-corrected chi connectivity index (χ2v) is 6.08. The molecular weight excluding hydrogens is 300 g/mol. The molecule has 1 unspecified atom stereocenters. The minimum atomic E-state index is -0.0965. The number of benzene rings is 2. The molecule has 3 rings (SSSR count). The van der Waals surface area contributed by atoms with E-state index in [4.69, 9.17) is 0 Å². The fourth-order valence-electron chi connectivity index (χ4n) is 3.12. The van der Waals surface area contributed by atoms with Crippen LogP contribution in [0.5, 0.6) is 0 Å². The van der Waals surface area contributed by atoms with Crippen molar-refractivity contribution in [3.8, 4) is 0 Å². The van der Waals surface area contributed by atoms with Crippen LogP contribution < -0.4 is 10.6 Å². The zero-order valence-electron chi connectivity index (χ0n) is 13.6. The standard InChI is InChI=1S/C20H22N2O2/c23-19(22-18-13-12-15-7-4-5-10-17(15)18)11-6-14-21-20(24)16-8-2-1-3-9-16/h1-5,7-10,18H,6,11-14H2,(H,21,24)(H,22,23). The summed E-state index contributed by atoms with van der Waals surface area (Å²) < 4.78 is 0. The summed E-state index contributed by atoms with van der Waals surface area (Å²) in [5.41, 5.74) is 3.21. The molecule has 0 saturated heterocycles. The van der Waals surface area contributed by atoms with Crippen LogP contribution in [0.3, 0.4) is 0 Å². The molecule has 1 atom stereocenters. The molecule has 0 spiro atoms. The van der Waals surface area contributed by atoms with Gasteiger partial charge in [-0.25, -0.2) is 0 Å². The molecular formula is C20H22N2O2. The summed E-state index contributed by atoms with van der Waals surface area (Å²) in [6.45, 7) is 0.502. The number of amides is 2. The van der Waals surface area contributed by atoms with Crippen molar-refractivity contribution < 1.29 is 9.59 Å². The minimum absolute atomic E-state index is 0.0469. The average Bonchev–Trinajstić information content (AvgIpc) is 3.02. The van der Waals surface area contributed by atoms with E-state index in [1.54, 1.807) is 12.1 Å². The molecule has 1 aliphatic carbocycles. The Balaban J connectivity index is 1.39. The lowest BCUT2D eigenvalue weighted by Gasteiger charge is -2.14. The zero-order chi connectivity index (χ0) is 16.8. The Hall–Kier alpha value is -2.62. The Bertz CT molecular complexity index is 713. The summed E-state index contributed by atoms with van der Waals surface area (Å²) in [6.07, 6.45) is 3.05. The van der Waals surface area contributed by atoms with Crippen molar-refractivity contribution in [3.05, 3.63) is 71.3 Å². The Labute approximate surface area is 142 Å². The molecule has 2 aromatic rings. The van der Waals surface area contributed by atoms with Crippen LogP contribution >= 0.6 is 0 Å². The van der Waals surface area contributed by atoms with Crippen LogP contribution in [0.15, 0.2) is 54.6 Å². The molecule has 0 bridgehead atoms. The summed E-state index contributed by atoms with van der Waals surface area (Å²) in [6, 6.07) is 17.5. The SMILES string of the molecule is O=C(CCCNC(=O)c1ccccc1)NC1CCc2ccccc21. The first-order valence-corrected chi connectivity index (χ1v) is 8.44. The molecule has 0 saturated carbocycles. The maximum Gasteiger partial charge on any atom is 0.251 e. The highest BCUT2D eigenvalue weighted by atomic mass is 16.2. The molecule has 0 aliphatic heterocycles. The molecule has 0 radical (unpaired) electrons. The highest BCUT2D eigenvalue weighted by molar-refractivity contribution is 5.94. The van der Waals surface area contributed by atoms with Gasteiger partial charge in [0.25, 0.3) is 5.91 Å². The summed E-state index contributed by atoms with van der Waals surface area (Å²) in [7, 11) is 0. The highest BCUT2D eigenvalue weighted by Gasteiger charge is 2.22. The number of fused-ring (bicyclic) bond motifs is 1. The Morgan fingerprint density at radius 1 is 1.00 bits per heavy atom. The van der Waals surface area contributed by atoms with Crippen molar-refractivity contribution in [1.29, 1.82) is 0 Å². The van der Waals surface area contributed by atoms with Crippen molar-refractivity contribution in [3.63, 3.8) is 0 Å². The number of carbonyl (C=O) groups is 2. The smallest absolute Gasteiger partial charge is 0.251 e. The predicted octanol–water partition coefficient (Wildman–Crippen LogP) is 3.00. The number of nitrogens with one attached hydrogen (secondary N) is 2. The lowest BCUT2D eigenvalue weighted by molar-refractivity contribution is -0.121. The monoisotopic (exact) mass is 322 g/mol. The van der Waals surface area contributed by atoms with Gasteiger partial charge < -0.3 is 10.6 Å². The largest absolute Gasteiger partial charge is 0.352 e. The fourth-order valence-corrected chi connectivity index (χ4v) is 3.12. The van der Waals surface area contributed by atoms with E-state index in [1.807, 2.05) is 30.3 Å². The van der Waals surface area contributed by atoms with Crippen LogP contribution in [0.25, 0.3) is 0 Å². The van der Waals surface area contributed by atoms with Gasteiger partial charge >= 0.3 is 0 Å². The fraction of sp³-hybridized carbons (Fsp3) is 0.300. The van der Waals surface area contributed by atoms with Gasteiger partial charge in [0.05, 0.1) is 6.04 Å². The molecule has 24 heavy (non-hydrogen) atoms. The van der Waals surface area contributed by atoms with Gasteiger partial charge in [-0.2, -0.15) is 0 Å². The van der Waals surface area contributed by atoms with Gasteiger partial charge in [0.2, 0.25) is 5.91 Å². The lowest BCUT2D eigenvalue weighted by Crippen LogP contribution is -2.29. The third-order valence-electron chi connectivity index (χ3n) is 4.37. The molecule has 124 valence electrons. The number of hydrogen-bond acceptors (Lipinski definition) is 2. The van der Waals surface area contributed by atoms with Crippen LogP contribution in [-0.4, -0.2) is 18.4 Å². The average molecular weight is 322 g/mol. The van der Waals surface area contributed by atoms with Crippen molar-refractivity contribution in [2.45, 2.75) is 31.7 Å². The van der Waals surface area contributed by atoms with Crippen molar-refractivity contribution in [2.75, 3.05) is 6.54 Å². The molecule has 2 N–H and O–H groups in total. The summed E-state index contributed by atoms with van der Waals surface area (Å²) >= 11 is 0. The van der Waals surface area contributed by atoms with E-state index >= 15 is 0 Å². The van der Waals surface area contributed by atoms with E-state index in [2.05, 4.69) is 22.8 Å². The van der Waals surface area contributed by atoms with Crippen LogP contribution in [0.1, 0.15) is 46.8 Å². The highest BCUT2D eigenvalue weighted by Crippen LogP contribution is 2.30. The topological polar surface area (TPSA) is 58.2 Å². The third kappa shape index (κ3) is 4.02. The first-order valence-electron chi connectivity index (χ1n) is 8.44. The maximum absolute atomic E-state index is 12.1. The van der Waals surface area contributed by atoms with Gasteiger partial charge in [-0.3, -0.25) is 9.59 Å². The van der Waals surface area contributed by atoms with E-state index < -0.39 is 0 Å². The van der Waals surface area contributed by atoms with Crippen molar-refractivity contribution in [1.82, 2.24) is 10.6 Å². The normalized spacial score (nSPS) is 15.6. The van der Waals surface area contributed by atoms with E-state index in [0.717, 1.165) is 12.8 Å². The minimum Gasteiger partial charge on any atom is -0.352 e. The molecule has 0 aromatic heterocycles. The molecule has 4 heteroatoms. The van der Waals surface area contributed by atoms with Crippen molar-refractivity contribution in [2.24, 2.45) is 0 Å². The van der Waals surface area contributed by atoms with Crippen LogP contribution in [0.4, 0.5) is 0 Å². The van der Waals surface area contributed by atoms with Gasteiger partial charge in [-0.1, -0.05) is 42.5 Å². The lowest BCUT2D eigenvalue weighted by atomic mass is 10.1. The van der Waals surface area contributed by atoms with Gasteiger partial charge in [0.1, 0.15) is 0 Å². The van der Waals surface area contributed by atoms with E-state index in [1.165, 1.54) is 11.1 Å². The summed E-state index contributed by atoms with van der Waals surface area (Å²) in [5, 5.41) is 5.95. The van der Waals surface area contributed by atoms with Gasteiger partial charge in [0.15, 0.2) is 0 Å². The van der Waals surface area contributed by atoms with E-state index in [9.17, 15) is 9.59 Å². The first kappa shape index (κ1) is 16.2. The zero-order valence-corrected chi connectivity index (χ0v) is 13.6. The van der Waals surface area contributed by atoms with Gasteiger partial charge in [-0.15, -0.1) is 0 Å². The van der Waals surface area contributed by atoms with E-state index in [0.29, 0.717) is 24.9 Å². The third-order valence-corrected chi connectivity index (χ3v) is 4.37. The second-order valence-electron chi connectivity index (χ2n) is 6.08. The Morgan fingerprint density at radius 3 is 2.58 bits per heavy atom. The summed E-state index contributed by atoms with van der Waals surface area (Å²) in [5.74, 6) is -0.0496. The molecule has 2 amide bonds. The number of carbonyl (C=O) groups excluding carboxylic acids is 2. The van der Waals surface area contributed by atoms with Crippen molar-refractivity contribution >= 4 is 11.8 Å². The molecule has 4 nitrogen and oxygen atoms in total. The molecule has 0 heterocycles. The number of aryl methyl sites for hydroxylation is 1. The number of hydrogen-bond donors (Lipinski definition) is 2. The van der Waals surface area contributed by atoms with Gasteiger partial charge in [-0.05, 0) is 42.5 Å². The predicted molar refractivity (Wildman–Crippen MR) is 93.7 cm³/mol. The van der Waals surface area contributed by atoms with Crippen LogP contribution in [0, 0.1) is 0 Å². The van der Waals surface area contributed by atoms with Gasteiger partial charge in [0, 0.05) is 18.5 Å². The quantitative estimate of drug-likeness (QED) is 0.803. The number of rotatable bonds is 6. The summed E-state index contributed by atoms with van der Waals surface area (Å²) in [4.78, 5) is 24.0.